The molecular formula is C22H30BrNO4. The van der Waals surface area contributed by atoms with Gasteiger partial charge in [-0.2, -0.15) is 0 Å². The Morgan fingerprint density at radius 1 is 0.964 bits per heavy atom. The Hall–Kier alpha value is -2.08. The predicted molar refractivity (Wildman–Crippen MR) is 116 cm³/mol. The number of halogens is 1. The van der Waals surface area contributed by atoms with E-state index in [9.17, 15) is 9.59 Å². The molecule has 0 heterocycles. The van der Waals surface area contributed by atoms with E-state index in [1.807, 2.05) is 30.3 Å². The first-order valence-corrected chi connectivity index (χ1v) is 10.1. The Kier molecular flexibility index (Phi) is 8.95. The first kappa shape index (κ1) is 24.0. The zero-order valence-corrected chi connectivity index (χ0v) is 19.3. The lowest BCUT2D eigenvalue weighted by atomic mass is 9.81. The molecule has 0 saturated heterocycles. The minimum atomic E-state index is -0.706. The van der Waals surface area contributed by atoms with Crippen molar-refractivity contribution in [1.82, 2.24) is 4.90 Å². The summed E-state index contributed by atoms with van der Waals surface area (Å²) in [5.74, 6) is -1.41. The van der Waals surface area contributed by atoms with Gasteiger partial charge in [0.25, 0.3) is 0 Å². The highest BCUT2D eigenvalue weighted by Crippen LogP contribution is 2.42. The van der Waals surface area contributed by atoms with Crippen molar-refractivity contribution in [3.63, 3.8) is 0 Å². The second-order valence-electron chi connectivity index (χ2n) is 7.36. The lowest BCUT2D eigenvalue weighted by Crippen LogP contribution is -2.27. The van der Waals surface area contributed by atoms with Crippen LogP contribution in [0.3, 0.4) is 0 Å². The Morgan fingerprint density at radius 3 is 1.79 bits per heavy atom. The number of likely N-dealkylation sites (N-methyl/N-ethyl adjacent to an activating group) is 1. The normalized spacial score (nSPS) is 12.0. The molecule has 0 aromatic heterocycles. The summed E-state index contributed by atoms with van der Waals surface area (Å²) in [5, 5.41) is 0. The third-order valence-corrected chi connectivity index (χ3v) is 4.66. The molecule has 0 radical (unpaired) electrons. The number of nitrogens with zero attached hydrogens (tertiary/aromatic N) is 1. The van der Waals surface area contributed by atoms with Crippen LogP contribution in [0.1, 0.15) is 40.2 Å². The molecule has 0 amide bonds. The second-order valence-corrected chi connectivity index (χ2v) is 8.16. The molecule has 0 aliphatic rings. The highest BCUT2D eigenvalue weighted by molar-refractivity contribution is 9.12. The van der Waals surface area contributed by atoms with E-state index in [4.69, 9.17) is 9.47 Å². The molecule has 154 valence electrons. The Labute approximate surface area is 176 Å². The van der Waals surface area contributed by atoms with E-state index in [1.165, 1.54) is 0 Å². The van der Waals surface area contributed by atoms with Crippen LogP contribution in [0.2, 0.25) is 0 Å². The van der Waals surface area contributed by atoms with Gasteiger partial charge in [0.05, 0.1) is 18.9 Å². The van der Waals surface area contributed by atoms with Crippen LogP contribution in [-0.4, -0.2) is 44.1 Å². The van der Waals surface area contributed by atoms with Crippen molar-refractivity contribution >= 4 is 33.4 Å². The van der Waals surface area contributed by atoms with Crippen LogP contribution < -0.4 is 0 Å². The van der Waals surface area contributed by atoms with Crippen molar-refractivity contribution in [3.05, 3.63) is 51.6 Å². The average Bonchev–Trinajstić information content (AvgIpc) is 2.59. The van der Waals surface area contributed by atoms with Crippen LogP contribution in [-0.2, 0) is 19.1 Å². The molecule has 5 nitrogen and oxygen atoms in total. The molecule has 0 saturated carbocycles. The molecule has 0 spiro atoms. The Balaban J connectivity index is 3.91. The van der Waals surface area contributed by atoms with E-state index in [-0.39, 0.29) is 24.2 Å². The minimum Gasteiger partial charge on any atom is -0.462 e. The molecule has 1 aromatic carbocycles. The first-order chi connectivity index (χ1) is 13.1. The SMILES string of the molecule is CCOC(=O)C(C(=O)OCC)=C(/C(Br)=C(/c1ccccc1)C(C)(C)C)N(C)C. The summed E-state index contributed by atoms with van der Waals surface area (Å²) in [6.45, 7) is 9.97. The number of hydrogen-bond acceptors (Lipinski definition) is 5. The number of esters is 2. The fourth-order valence-electron chi connectivity index (χ4n) is 2.83. The zero-order chi connectivity index (χ0) is 21.5. The van der Waals surface area contributed by atoms with Gasteiger partial charge < -0.3 is 14.4 Å². The number of carbonyl (C=O) groups excluding carboxylic acids is 2. The van der Waals surface area contributed by atoms with Crippen LogP contribution in [0.25, 0.3) is 5.57 Å². The van der Waals surface area contributed by atoms with E-state index in [2.05, 4.69) is 36.7 Å². The summed E-state index contributed by atoms with van der Waals surface area (Å²) in [4.78, 5) is 27.1. The van der Waals surface area contributed by atoms with Gasteiger partial charge in [-0.3, -0.25) is 0 Å². The minimum absolute atomic E-state index is 0.127. The highest BCUT2D eigenvalue weighted by atomic mass is 79.9. The maximum atomic E-state index is 12.7. The van der Waals surface area contributed by atoms with Crippen molar-refractivity contribution in [2.75, 3.05) is 27.3 Å². The van der Waals surface area contributed by atoms with Crippen molar-refractivity contribution in [1.29, 1.82) is 0 Å². The molecule has 1 rings (SSSR count). The number of rotatable bonds is 7. The molecule has 28 heavy (non-hydrogen) atoms. The largest absolute Gasteiger partial charge is 0.462 e. The molecule has 0 fully saturated rings. The molecule has 0 unspecified atom stereocenters. The van der Waals surface area contributed by atoms with Gasteiger partial charge >= 0.3 is 11.9 Å². The predicted octanol–water partition coefficient (Wildman–Crippen LogP) is 4.78. The van der Waals surface area contributed by atoms with Gasteiger partial charge in [-0.25, -0.2) is 9.59 Å². The summed E-state index contributed by atoms with van der Waals surface area (Å²) in [6, 6.07) is 9.87. The standard InChI is InChI=1S/C22H30BrNO4/c1-8-27-20(25)16(21(26)28-9-2)19(24(6)7)18(23)17(22(3,4)5)15-13-11-10-12-14-15/h10-14H,8-9H2,1-7H3/b18-17+. The molecule has 0 bridgehead atoms. The van der Waals surface area contributed by atoms with Gasteiger partial charge in [0.1, 0.15) is 0 Å². The lowest BCUT2D eigenvalue weighted by molar-refractivity contribution is -0.146. The summed E-state index contributed by atoms with van der Waals surface area (Å²) in [6.07, 6.45) is 0. The second kappa shape index (κ2) is 10.5. The van der Waals surface area contributed by atoms with Gasteiger partial charge in [0, 0.05) is 18.6 Å². The molecule has 0 aliphatic carbocycles. The van der Waals surface area contributed by atoms with Gasteiger partial charge in [0.15, 0.2) is 5.57 Å². The molecule has 1 aromatic rings. The maximum absolute atomic E-state index is 12.7. The van der Waals surface area contributed by atoms with E-state index < -0.39 is 11.9 Å². The highest BCUT2D eigenvalue weighted by Gasteiger charge is 2.32. The van der Waals surface area contributed by atoms with Crippen LogP contribution in [0.5, 0.6) is 0 Å². The fraction of sp³-hybridized carbons (Fsp3) is 0.455. The maximum Gasteiger partial charge on any atom is 0.347 e. The number of hydrogen-bond donors (Lipinski definition) is 0. The van der Waals surface area contributed by atoms with E-state index in [1.54, 1.807) is 32.8 Å². The van der Waals surface area contributed by atoms with Crippen molar-refractivity contribution in [2.45, 2.75) is 34.6 Å². The zero-order valence-electron chi connectivity index (χ0n) is 17.8. The first-order valence-electron chi connectivity index (χ1n) is 9.28. The van der Waals surface area contributed by atoms with Crippen LogP contribution in [0.4, 0.5) is 0 Å². The van der Waals surface area contributed by atoms with Crippen molar-refractivity contribution in [2.24, 2.45) is 5.41 Å². The van der Waals surface area contributed by atoms with Crippen LogP contribution in [0.15, 0.2) is 46.1 Å². The number of allylic oxidation sites excluding steroid dienone is 2. The topological polar surface area (TPSA) is 55.8 Å². The van der Waals surface area contributed by atoms with E-state index in [0.29, 0.717) is 10.2 Å². The van der Waals surface area contributed by atoms with Gasteiger partial charge in [-0.15, -0.1) is 0 Å². The van der Waals surface area contributed by atoms with E-state index in [0.717, 1.165) is 11.1 Å². The Morgan fingerprint density at radius 2 is 1.43 bits per heavy atom. The smallest absolute Gasteiger partial charge is 0.347 e. The number of ether oxygens (including phenoxy) is 2. The summed E-state index contributed by atoms with van der Waals surface area (Å²) < 4.78 is 11.0. The van der Waals surface area contributed by atoms with Crippen molar-refractivity contribution < 1.29 is 19.1 Å². The third kappa shape index (κ3) is 5.96. The quantitative estimate of drug-likeness (QED) is 0.196. The number of benzene rings is 1. The molecular weight excluding hydrogens is 422 g/mol. The number of carbonyl (C=O) groups is 2. The van der Waals surface area contributed by atoms with E-state index >= 15 is 0 Å². The van der Waals surface area contributed by atoms with Crippen molar-refractivity contribution in [3.8, 4) is 0 Å². The average molecular weight is 452 g/mol. The molecule has 0 atom stereocenters. The van der Waals surface area contributed by atoms with Crippen LogP contribution in [0, 0.1) is 5.41 Å². The van der Waals surface area contributed by atoms with Crippen LogP contribution >= 0.6 is 15.9 Å². The van der Waals surface area contributed by atoms with Gasteiger partial charge in [-0.05, 0) is 46.3 Å². The summed E-state index contributed by atoms with van der Waals surface area (Å²) >= 11 is 3.69. The fourth-order valence-corrected chi connectivity index (χ4v) is 4.20. The summed E-state index contributed by atoms with van der Waals surface area (Å²) in [5.41, 5.74) is 1.98. The third-order valence-electron chi connectivity index (χ3n) is 3.88. The lowest BCUT2D eigenvalue weighted by Gasteiger charge is -2.29. The monoisotopic (exact) mass is 451 g/mol. The molecule has 0 aliphatic heterocycles. The molecule has 6 heteroatoms. The summed E-state index contributed by atoms with van der Waals surface area (Å²) in [7, 11) is 3.56. The Bertz CT molecular complexity index is 738. The van der Waals surface area contributed by atoms with Gasteiger partial charge in [0.2, 0.25) is 0 Å². The molecule has 0 N–H and O–H groups in total. The van der Waals surface area contributed by atoms with Gasteiger partial charge in [-0.1, -0.05) is 51.1 Å².